The number of nitrogens with one attached hydrogen (secondary N) is 1. The highest BCUT2D eigenvalue weighted by atomic mass is 16.5. The quantitative estimate of drug-likeness (QED) is 0.796. The molecule has 0 unspecified atom stereocenters. The third kappa shape index (κ3) is 3.43. The summed E-state index contributed by atoms with van der Waals surface area (Å²) in [6, 6.07) is 5.33. The molecule has 1 aromatic rings. The van der Waals surface area contributed by atoms with Crippen molar-refractivity contribution in [2.24, 2.45) is 17.8 Å². The Bertz CT molecular complexity index is 659. The number of amides is 1. The van der Waals surface area contributed by atoms with Crippen LogP contribution in [0.2, 0.25) is 0 Å². The van der Waals surface area contributed by atoms with E-state index in [0.717, 1.165) is 24.8 Å². The van der Waals surface area contributed by atoms with Crippen molar-refractivity contribution in [3.05, 3.63) is 23.8 Å². The van der Waals surface area contributed by atoms with Gasteiger partial charge in [-0.1, -0.05) is 6.07 Å². The van der Waals surface area contributed by atoms with Crippen LogP contribution in [0.4, 0.5) is 0 Å². The van der Waals surface area contributed by atoms with Crippen molar-refractivity contribution in [3.8, 4) is 11.5 Å². The van der Waals surface area contributed by atoms with Gasteiger partial charge in [0, 0.05) is 6.04 Å². The van der Waals surface area contributed by atoms with E-state index < -0.39 is 0 Å². The number of ether oxygens (including phenoxy) is 3. The maximum Gasteiger partial charge on any atom is 0.311 e. The van der Waals surface area contributed by atoms with Crippen LogP contribution in [0.15, 0.2) is 18.2 Å². The molecule has 1 N–H and O–H groups in total. The highest BCUT2D eigenvalue weighted by Crippen LogP contribution is 2.48. The molecule has 1 amide bonds. The molecule has 0 aliphatic heterocycles. The zero-order chi connectivity index (χ0) is 18.0. The molecule has 2 bridgehead atoms. The summed E-state index contributed by atoms with van der Waals surface area (Å²) < 4.78 is 15.4. The Hall–Kier alpha value is -2.24. The van der Waals surface area contributed by atoms with Crippen LogP contribution in [0.25, 0.3) is 0 Å². The first-order valence-corrected chi connectivity index (χ1v) is 8.65. The molecule has 0 aromatic heterocycles. The van der Waals surface area contributed by atoms with Crippen molar-refractivity contribution in [2.75, 3.05) is 21.3 Å². The Morgan fingerprint density at radius 2 is 1.80 bits per heavy atom. The SMILES string of the molecule is COC(=O)[C@@H]1[C@H]2CC[C@@H](C2)[C@@H]1NC(=O)Cc1ccc(OC)c(OC)c1. The van der Waals surface area contributed by atoms with Crippen LogP contribution in [-0.4, -0.2) is 39.2 Å². The molecule has 25 heavy (non-hydrogen) atoms. The van der Waals surface area contributed by atoms with E-state index in [-0.39, 0.29) is 30.3 Å². The predicted octanol–water partition coefficient (Wildman–Crippen LogP) is 1.95. The van der Waals surface area contributed by atoms with Gasteiger partial charge in [-0.3, -0.25) is 9.59 Å². The lowest BCUT2D eigenvalue weighted by Gasteiger charge is -2.29. The molecule has 3 rings (SSSR count). The summed E-state index contributed by atoms with van der Waals surface area (Å²) in [5, 5.41) is 3.08. The van der Waals surface area contributed by atoms with Gasteiger partial charge in [-0.05, 0) is 48.8 Å². The van der Waals surface area contributed by atoms with Gasteiger partial charge in [0.2, 0.25) is 5.91 Å². The Kier molecular flexibility index (Phi) is 5.16. The fourth-order valence-electron chi connectivity index (χ4n) is 4.39. The molecule has 136 valence electrons. The first-order chi connectivity index (χ1) is 12.1. The summed E-state index contributed by atoms with van der Waals surface area (Å²) >= 11 is 0. The molecule has 0 saturated heterocycles. The molecule has 6 heteroatoms. The minimum absolute atomic E-state index is 0.0846. The smallest absolute Gasteiger partial charge is 0.311 e. The Labute approximate surface area is 147 Å². The molecule has 6 nitrogen and oxygen atoms in total. The molecular formula is C19H25NO5. The minimum Gasteiger partial charge on any atom is -0.493 e. The van der Waals surface area contributed by atoms with E-state index in [1.54, 1.807) is 26.4 Å². The van der Waals surface area contributed by atoms with Crippen molar-refractivity contribution in [1.29, 1.82) is 0 Å². The molecule has 0 radical (unpaired) electrons. The topological polar surface area (TPSA) is 73.9 Å². The second-order valence-electron chi connectivity index (χ2n) is 6.84. The van der Waals surface area contributed by atoms with Crippen LogP contribution < -0.4 is 14.8 Å². The van der Waals surface area contributed by atoms with E-state index >= 15 is 0 Å². The van der Waals surface area contributed by atoms with E-state index in [0.29, 0.717) is 23.3 Å². The van der Waals surface area contributed by atoms with Crippen LogP contribution in [0.3, 0.4) is 0 Å². The molecule has 4 atom stereocenters. The fourth-order valence-corrected chi connectivity index (χ4v) is 4.39. The molecule has 2 fully saturated rings. The second-order valence-corrected chi connectivity index (χ2v) is 6.84. The van der Waals surface area contributed by atoms with E-state index in [2.05, 4.69) is 5.32 Å². The maximum atomic E-state index is 12.5. The summed E-state index contributed by atoms with van der Waals surface area (Å²) in [6.07, 6.45) is 3.36. The lowest BCUT2D eigenvalue weighted by Crippen LogP contribution is -2.47. The van der Waals surface area contributed by atoms with Crippen LogP contribution in [0.1, 0.15) is 24.8 Å². The molecule has 2 aliphatic carbocycles. The predicted molar refractivity (Wildman–Crippen MR) is 91.5 cm³/mol. The molecule has 2 aliphatic rings. The highest BCUT2D eigenvalue weighted by Gasteiger charge is 2.51. The molecule has 0 heterocycles. The third-order valence-corrected chi connectivity index (χ3v) is 5.53. The first kappa shape index (κ1) is 17.6. The number of benzene rings is 1. The Balaban J connectivity index is 1.67. The maximum absolute atomic E-state index is 12.5. The highest BCUT2D eigenvalue weighted by molar-refractivity contribution is 5.81. The number of fused-ring (bicyclic) bond motifs is 2. The number of carbonyl (C=O) groups excluding carboxylic acids is 2. The summed E-state index contributed by atoms with van der Waals surface area (Å²) in [5.74, 6) is 1.44. The average Bonchev–Trinajstić information content (AvgIpc) is 3.22. The zero-order valence-electron chi connectivity index (χ0n) is 14.9. The van der Waals surface area contributed by atoms with Gasteiger partial charge < -0.3 is 19.5 Å². The van der Waals surface area contributed by atoms with Crippen molar-refractivity contribution in [3.63, 3.8) is 0 Å². The zero-order valence-corrected chi connectivity index (χ0v) is 14.9. The number of hydrogen-bond acceptors (Lipinski definition) is 5. The molecule has 2 saturated carbocycles. The van der Waals surface area contributed by atoms with Crippen molar-refractivity contribution < 1.29 is 23.8 Å². The van der Waals surface area contributed by atoms with Gasteiger partial charge in [-0.2, -0.15) is 0 Å². The average molecular weight is 347 g/mol. The first-order valence-electron chi connectivity index (χ1n) is 8.65. The lowest BCUT2D eigenvalue weighted by atomic mass is 9.84. The lowest BCUT2D eigenvalue weighted by molar-refractivity contribution is -0.148. The number of esters is 1. The van der Waals surface area contributed by atoms with Crippen LogP contribution >= 0.6 is 0 Å². The van der Waals surface area contributed by atoms with Crippen LogP contribution in [0.5, 0.6) is 11.5 Å². The number of methoxy groups -OCH3 is 3. The van der Waals surface area contributed by atoms with Crippen molar-refractivity contribution in [2.45, 2.75) is 31.7 Å². The van der Waals surface area contributed by atoms with E-state index in [4.69, 9.17) is 14.2 Å². The van der Waals surface area contributed by atoms with Crippen LogP contribution in [0, 0.1) is 17.8 Å². The number of carbonyl (C=O) groups is 2. The summed E-state index contributed by atoms with van der Waals surface area (Å²) in [5.41, 5.74) is 0.841. The van der Waals surface area contributed by atoms with Crippen molar-refractivity contribution in [1.82, 2.24) is 5.32 Å². The molecular weight excluding hydrogens is 322 g/mol. The normalized spacial score (nSPS) is 27.0. The second kappa shape index (κ2) is 7.33. The van der Waals surface area contributed by atoms with Gasteiger partial charge >= 0.3 is 5.97 Å². The van der Waals surface area contributed by atoms with Gasteiger partial charge in [0.25, 0.3) is 0 Å². The molecule has 1 aromatic carbocycles. The van der Waals surface area contributed by atoms with E-state index in [9.17, 15) is 9.59 Å². The van der Waals surface area contributed by atoms with Gasteiger partial charge in [0.1, 0.15) is 0 Å². The number of hydrogen-bond donors (Lipinski definition) is 1. The largest absolute Gasteiger partial charge is 0.493 e. The van der Waals surface area contributed by atoms with E-state index in [1.807, 2.05) is 6.07 Å². The standard InChI is InChI=1S/C19H25NO5/c1-23-14-7-4-11(8-15(14)24-2)9-16(21)20-18-13-6-5-12(10-13)17(18)19(22)25-3/h4,7-8,12-13,17-18H,5-6,9-10H2,1-3H3,(H,20,21)/t12-,13-,17+,18-/m0/s1. The van der Waals surface area contributed by atoms with Gasteiger partial charge in [0.15, 0.2) is 11.5 Å². The minimum atomic E-state index is -0.210. The third-order valence-electron chi connectivity index (χ3n) is 5.53. The van der Waals surface area contributed by atoms with Gasteiger partial charge in [-0.25, -0.2) is 0 Å². The summed E-state index contributed by atoms with van der Waals surface area (Å²) in [7, 11) is 4.56. The summed E-state index contributed by atoms with van der Waals surface area (Å²) in [6.45, 7) is 0. The Morgan fingerprint density at radius 3 is 2.48 bits per heavy atom. The van der Waals surface area contributed by atoms with Gasteiger partial charge in [-0.15, -0.1) is 0 Å². The fraction of sp³-hybridized carbons (Fsp3) is 0.579. The number of rotatable bonds is 6. The summed E-state index contributed by atoms with van der Waals surface area (Å²) in [4.78, 5) is 24.6. The van der Waals surface area contributed by atoms with Gasteiger partial charge in [0.05, 0.1) is 33.7 Å². The monoisotopic (exact) mass is 347 g/mol. The van der Waals surface area contributed by atoms with Crippen molar-refractivity contribution >= 4 is 11.9 Å². The van der Waals surface area contributed by atoms with E-state index in [1.165, 1.54) is 7.11 Å². The Morgan fingerprint density at radius 1 is 1.08 bits per heavy atom. The van der Waals surface area contributed by atoms with Crippen LogP contribution in [-0.2, 0) is 20.7 Å². The molecule has 0 spiro atoms.